The third-order valence-electron chi connectivity index (χ3n) is 2.76. The molecule has 2 N–H and O–H groups in total. The zero-order valence-corrected chi connectivity index (χ0v) is 7.90. The molecule has 0 aromatic heterocycles. The SMILES string of the molecule is CC(C)C(C)C1CC(O)C(O)O1. The number of rotatable bonds is 2. The van der Waals surface area contributed by atoms with Crippen LogP contribution in [0.2, 0.25) is 0 Å². The maximum Gasteiger partial charge on any atom is 0.181 e. The summed E-state index contributed by atoms with van der Waals surface area (Å²) >= 11 is 0. The fourth-order valence-electron chi connectivity index (χ4n) is 1.45. The highest BCUT2D eigenvalue weighted by atomic mass is 16.6. The minimum absolute atomic E-state index is 0.00926. The van der Waals surface area contributed by atoms with Gasteiger partial charge in [0.05, 0.1) is 6.10 Å². The minimum atomic E-state index is -0.976. The van der Waals surface area contributed by atoms with Gasteiger partial charge in [-0.05, 0) is 11.8 Å². The summed E-state index contributed by atoms with van der Waals surface area (Å²) in [4.78, 5) is 0. The predicted molar refractivity (Wildman–Crippen MR) is 45.5 cm³/mol. The Morgan fingerprint density at radius 2 is 1.83 bits per heavy atom. The molecule has 4 unspecified atom stereocenters. The van der Waals surface area contributed by atoms with Crippen LogP contribution in [0.25, 0.3) is 0 Å². The summed E-state index contributed by atoms with van der Waals surface area (Å²) in [5, 5.41) is 18.4. The number of hydrogen-bond acceptors (Lipinski definition) is 3. The van der Waals surface area contributed by atoms with Gasteiger partial charge in [-0.15, -0.1) is 0 Å². The molecular weight excluding hydrogens is 156 g/mol. The standard InChI is InChI=1S/C9H18O3/c1-5(2)6(3)8-4-7(10)9(11)12-8/h5-11H,4H2,1-3H3. The molecule has 0 aromatic carbocycles. The third kappa shape index (κ3) is 1.97. The van der Waals surface area contributed by atoms with E-state index in [-0.39, 0.29) is 6.10 Å². The van der Waals surface area contributed by atoms with Crippen LogP contribution in [0.4, 0.5) is 0 Å². The summed E-state index contributed by atoms with van der Waals surface area (Å²) < 4.78 is 5.20. The maximum atomic E-state index is 9.22. The Kier molecular flexibility index (Phi) is 3.09. The van der Waals surface area contributed by atoms with Crippen LogP contribution >= 0.6 is 0 Å². The van der Waals surface area contributed by atoms with Crippen molar-refractivity contribution in [2.24, 2.45) is 11.8 Å². The number of hydrogen-bond donors (Lipinski definition) is 2. The first-order valence-electron chi connectivity index (χ1n) is 4.54. The van der Waals surface area contributed by atoms with Gasteiger partial charge >= 0.3 is 0 Å². The first kappa shape index (κ1) is 9.96. The average Bonchev–Trinajstić information content (AvgIpc) is 2.30. The molecule has 1 fully saturated rings. The number of aliphatic hydroxyl groups excluding tert-OH is 2. The Morgan fingerprint density at radius 1 is 1.25 bits per heavy atom. The molecule has 12 heavy (non-hydrogen) atoms. The Labute approximate surface area is 73.4 Å². The molecule has 0 saturated carbocycles. The fraction of sp³-hybridized carbons (Fsp3) is 1.00. The molecule has 1 aliphatic heterocycles. The van der Waals surface area contributed by atoms with Crippen molar-refractivity contribution in [1.82, 2.24) is 0 Å². The third-order valence-corrected chi connectivity index (χ3v) is 2.76. The van der Waals surface area contributed by atoms with Gasteiger partial charge < -0.3 is 14.9 Å². The van der Waals surface area contributed by atoms with Crippen molar-refractivity contribution in [2.45, 2.75) is 45.7 Å². The molecule has 0 bridgehead atoms. The molecule has 1 aliphatic rings. The molecule has 0 amide bonds. The van der Waals surface area contributed by atoms with Crippen LogP contribution in [0.15, 0.2) is 0 Å². The van der Waals surface area contributed by atoms with Crippen LogP contribution < -0.4 is 0 Å². The van der Waals surface area contributed by atoms with E-state index < -0.39 is 12.4 Å². The fourth-order valence-corrected chi connectivity index (χ4v) is 1.45. The smallest absolute Gasteiger partial charge is 0.181 e. The second-order valence-electron chi connectivity index (χ2n) is 3.97. The first-order valence-corrected chi connectivity index (χ1v) is 4.54. The molecule has 4 atom stereocenters. The van der Waals surface area contributed by atoms with E-state index in [1.807, 2.05) is 0 Å². The largest absolute Gasteiger partial charge is 0.388 e. The Balaban J connectivity index is 2.45. The lowest BCUT2D eigenvalue weighted by molar-refractivity contribution is -0.137. The molecule has 3 nitrogen and oxygen atoms in total. The zero-order chi connectivity index (χ0) is 9.30. The number of aliphatic hydroxyl groups is 2. The van der Waals surface area contributed by atoms with Crippen LogP contribution in [-0.2, 0) is 4.74 Å². The van der Waals surface area contributed by atoms with Crippen LogP contribution in [-0.4, -0.2) is 28.7 Å². The second kappa shape index (κ2) is 3.73. The topological polar surface area (TPSA) is 49.7 Å². The van der Waals surface area contributed by atoms with Gasteiger partial charge in [0.2, 0.25) is 0 Å². The van der Waals surface area contributed by atoms with Crippen molar-refractivity contribution in [3.8, 4) is 0 Å². The van der Waals surface area contributed by atoms with Crippen LogP contribution in [0.5, 0.6) is 0 Å². The second-order valence-corrected chi connectivity index (χ2v) is 3.97. The molecule has 1 heterocycles. The maximum absolute atomic E-state index is 9.22. The minimum Gasteiger partial charge on any atom is -0.388 e. The highest BCUT2D eigenvalue weighted by Crippen LogP contribution is 2.28. The summed E-state index contributed by atoms with van der Waals surface area (Å²) in [5.41, 5.74) is 0. The molecule has 0 aliphatic carbocycles. The van der Waals surface area contributed by atoms with Gasteiger partial charge in [0, 0.05) is 6.42 Å². The Bertz CT molecular complexity index is 137. The first-order chi connectivity index (χ1) is 5.52. The summed E-state index contributed by atoms with van der Waals surface area (Å²) in [6.45, 7) is 6.32. The van der Waals surface area contributed by atoms with Crippen LogP contribution in [0.1, 0.15) is 27.2 Å². The normalized spacial score (nSPS) is 39.0. The molecule has 0 radical (unpaired) electrons. The summed E-state index contributed by atoms with van der Waals surface area (Å²) in [5.74, 6) is 0.907. The molecule has 0 spiro atoms. The zero-order valence-electron chi connectivity index (χ0n) is 7.90. The lowest BCUT2D eigenvalue weighted by atomic mass is 9.90. The van der Waals surface area contributed by atoms with Crippen molar-refractivity contribution in [1.29, 1.82) is 0 Å². The van der Waals surface area contributed by atoms with E-state index in [0.29, 0.717) is 18.3 Å². The number of ether oxygens (including phenoxy) is 1. The van der Waals surface area contributed by atoms with E-state index in [9.17, 15) is 5.11 Å². The van der Waals surface area contributed by atoms with Gasteiger partial charge in [-0.2, -0.15) is 0 Å². The van der Waals surface area contributed by atoms with E-state index >= 15 is 0 Å². The van der Waals surface area contributed by atoms with E-state index in [1.165, 1.54) is 0 Å². The van der Waals surface area contributed by atoms with Crippen molar-refractivity contribution < 1.29 is 14.9 Å². The predicted octanol–water partition coefficient (Wildman–Crippen LogP) is 0.747. The molecule has 72 valence electrons. The van der Waals surface area contributed by atoms with Crippen LogP contribution in [0, 0.1) is 11.8 Å². The summed E-state index contributed by atoms with van der Waals surface area (Å²) in [6.07, 6.45) is -1.11. The van der Waals surface area contributed by atoms with Gasteiger partial charge in [0.25, 0.3) is 0 Å². The molecular formula is C9H18O3. The quantitative estimate of drug-likeness (QED) is 0.649. The summed E-state index contributed by atoms with van der Waals surface area (Å²) in [6, 6.07) is 0. The van der Waals surface area contributed by atoms with E-state index in [4.69, 9.17) is 9.84 Å². The highest BCUT2D eigenvalue weighted by molar-refractivity contribution is 4.80. The van der Waals surface area contributed by atoms with Crippen molar-refractivity contribution in [3.63, 3.8) is 0 Å². The lowest BCUT2D eigenvalue weighted by Crippen LogP contribution is -2.23. The van der Waals surface area contributed by atoms with E-state index in [2.05, 4.69) is 20.8 Å². The van der Waals surface area contributed by atoms with Crippen molar-refractivity contribution in [3.05, 3.63) is 0 Å². The van der Waals surface area contributed by atoms with Crippen molar-refractivity contribution >= 4 is 0 Å². The van der Waals surface area contributed by atoms with Gasteiger partial charge in [-0.3, -0.25) is 0 Å². The van der Waals surface area contributed by atoms with Gasteiger partial charge in [-0.25, -0.2) is 0 Å². The van der Waals surface area contributed by atoms with Gasteiger partial charge in [0.15, 0.2) is 6.29 Å². The monoisotopic (exact) mass is 174 g/mol. The average molecular weight is 174 g/mol. The molecule has 1 saturated heterocycles. The Morgan fingerprint density at radius 3 is 2.17 bits per heavy atom. The molecule has 0 aromatic rings. The Hall–Kier alpha value is -0.120. The highest BCUT2D eigenvalue weighted by Gasteiger charge is 2.36. The summed E-state index contributed by atoms with van der Waals surface area (Å²) in [7, 11) is 0. The van der Waals surface area contributed by atoms with Gasteiger partial charge in [0.1, 0.15) is 6.10 Å². The van der Waals surface area contributed by atoms with Gasteiger partial charge in [-0.1, -0.05) is 20.8 Å². The van der Waals surface area contributed by atoms with E-state index in [0.717, 1.165) is 0 Å². The van der Waals surface area contributed by atoms with E-state index in [1.54, 1.807) is 0 Å². The molecule has 1 rings (SSSR count). The van der Waals surface area contributed by atoms with Crippen LogP contribution in [0.3, 0.4) is 0 Å². The van der Waals surface area contributed by atoms with Crippen molar-refractivity contribution in [2.75, 3.05) is 0 Å². The lowest BCUT2D eigenvalue weighted by Gasteiger charge is -2.21. The molecule has 3 heteroatoms.